The minimum Gasteiger partial charge on any atom is -0.387 e. The van der Waals surface area contributed by atoms with Crippen LogP contribution in [0.25, 0.3) is 0 Å². The first-order valence-corrected chi connectivity index (χ1v) is 7.62. The molecule has 1 aliphatic heterocycles. The Morgan fingerprint density at radius 3 is 2.48 bits per heavy atom. The third kappa shape index (κ3) is 3.58. The Hall–Kier alpha value is -1.82. The van der Waals surface area contributed by atoms with Crippen molar-refractivity contribution in [3.8, 4) is 0 Å². The molecule has 1 aliphatic rings. The summed E-state index contributed by atoms with van der Waals surface area (Å²) in [6, 6.07) is 3.02. The topological polar surface area (TPSA) is 57.6 Å². The first-order valence-electron chi connectivity index (χ1n) is 7.62. The van der Waals surface area contributed by atoms with Crippen molar-refractivity contribution in [1.82, 2.24) is 4.90 Å². The van der Waals surface area contributed by atoms with Crippen molar-refractivity contribution in [1.29, 1.82) is 0 Å². The summed E-state index contributed by atoms with van der Waals surface area (Å²) in [5, 5.41) is 10.1. The molecule has 1 aromatic carbocycles. The fraction of sp³-hybridized carbons (Fsp3) is 0.529. The van der Waals surface area contributed by atoms with Crippen LogP contribution in [0.2, 0.25) is 0 Å². The zero-order chi connectivity index (χ0) is 17.4. The van der Waals surface area contributed by atoms with E-state index in [1.54, 1.807) is 6.92 Å². The van der Waals surface area contributed by atoms with Crippen molar-refractivity contribution < 1.29 is 23.5 Å². The molecule has 1 aromatic rings. The van der Waals surface area contributed by atoms with Crippen molar-refractivity contribution in [3.05, 3.63) is 35.4 Å². The van der Waals surface area contributed by atoms with Crippen LogP contribution < -0.4 is 0 Å². The van der Waals surface area contributed by atoms with Crippen LogP contribution in [0.4, 0.5) is 8.78 Å². The van der Waals surface area contributed by atoms with Gasteiger partial charge in [-0.05, 0) is 30.0 Å². The van der Waals surface area contributed by atoms with Crippen LogP contribution >= 0.6 is 0 Å². The van der Waals surface area contributed by atoms with Crippen LogP contribution in [0.5, 0.6) is 0 Å². The Morgan fingerprint density at radius 2 is 1.91 bits per heavy atom. The standard InChI is InChI=1S/C17H21F2NO3/c1-10(2)7-17(3)8-15(22)20(16(17)23)9-14(21)11-4-5-12(18)13(19)6-11/h4-6,10,14,21H,7-9H2,1-3H3. The minimum absolute atomic E-state index is 0.106. The number of benzene rings is 1. The van der Waals surface area contributed by atoms with E-state index in [0.29, 0.717) is 6.42 Å². The number of likely N-dealkylation sites (tertiary alicyclic amines) is 1. The molecular weight excluding hydrogens is 304 g/mol. The molecule has 2 unspecified atom stereocenters. The Labute approximate surface area is 134 Å². The maximum Gasteiger partial charge on any atom is 0.235 e. The Bertz CT molecular complexity index is 632. The van der Waals surface area contributed by atoms with Crippen molar-refractivity contribution in [3.63, 3.8) is 0 Å². The lowest BCUT2D eigenvalue weighted by Crippen LogP contribution is -2.37. The van der Waals surface area contributed by atoms with Crippen molar-refractivity contribution in [2.45, 2.75) is 39.7 Å². The number of hydrogen-bond donors (Lipinski definition) is 1. The van der Waals surface area contributed by atoms with Gasteiger partial charge in [-0.15, -0.1) is 0 Å². The number of amides is 2. The molecule has 1 heterocycles. The summed E-state index contributed by atoms with van der Waals surface area (Å²) >= 11 is 0. The van der Waals surface area contributed by atoms with Gasteiger partial charge in [0.25, 0.3) is 0 Å². The summed E-state index contributed by atoms with van der Waals surface area (Å²) in [5.74, 6) is -2.51. The van der Waals surface area contributed by atoms with Gasteiger partial charge in [-0.3, -0.25) is 14.5 Å². The molecular formula is C17H21F2NO3. The molecule has 126 valence electrons. The number of carbonyl (C=O) groups is 2. The number of carbonyl (C=O) groups excluding carboxylic acids is 2. The summed E-state index contributed by atoms with van der Waals surface area (Å²) in [6.07, 6.45) is -0.566. The highest BCUT2D eigenvalue weighted by atomic mass is 19.2. The molecule has 1 N–H and O–H groups in total. The number of aliphatic hydroxyl groups is 1. The van der Waals surface area contributed by atoms with Crippen LogP contribution in [-0.4, -0.2) is 28.4 Å². The van der Waals surface area contributed by atoms with Gasteiger partial charge in [0.1, 0.15) is 0 Å². The highest BCUT2D eigenvalue weighted by Gasteiger charge is 2.48. The summed E-state index contributed by atoms with van der Waals surface area (Å²) in [4.78, 5) is 25.7. The van der Waals surface area contributed by atoms with Gasteiger partial charge >= 0.3 is 0 Å². The number of nitrogens with zero attached hydrogens (tertiary/aromatic N) is 1. The second-order valence-corrected chi connectivity index (χ2v) is 6.83. The monoisotopic (exact) mass is 325 g/mol. The highest BCUT2D eigenvalue weighted by molar-refractivity contribution is 6.05. The SMILES string of the molecule is CC(C)CC1(C)CC(=O)N(CC(O)c2ccc(F)c(F)c2)C1=O. The summed E-state index contributed by atoms with van der Waals surface area (Å²) in [6.45, 7) is 5.44. The number of imide groups is 1. The van der Waals surface area contributed by atoms with Gasteiger partial charge in [-0.25, -0.2) is 8.78 Å². The van der Waals surface area contributed by atoms with Crippen molar-refractivity contribution in [2.75, 3.05) is 6.54 Å². The molecule has 6 heteroatoms. The minimum atomic E-state index is -1.25. The molecule has 2 rings (SSSR count). The zero-order valence-electron chi connectivity index (χ0n) is 13.5. The smallest absolute Gasteiger partial charge is 0.235 e. The van der Waals surface area contributed by atoms with E-state index in [4.69, 9.17) is 0 Å². The number of hydrogen-bond acceptors (Lipinski definition) is 3. The molecule has 0 saturated carbocycles. The van der Waals surface area contributed by atoms with Crippen molar-refractivity contribution in [2.24, 2.45) is 11.3 Å². The van der Waals surface area contributed by atoms with E-state index in [1.165, 1.54) is 6.07 Å². The van der Waals surface area contributed by atoms with Crippen LogP contribution in [0, 0.1) is 23.0 Å². The van der Waals surface area contributed by atoms with E-state index >= 15 is 0 Å². The van der Waals surface area contributed by atoms with Crippen LogP contribution in [0.3, 0.4) is 0 Å². The van der Waals surface area contributed by atoms with Gasteiger partial charge in [0.15, 0.2) is 11.6 Å². The fourth-order valence-electron chi connectivity index (χ4n) is 3.19. The molecule has 0 spiro atoms. The summed E-state index contributed by atoms with van der Waals surface area (Å²) in [7, 11) is 0. The number of aliphatic hydroxyl groups excluding tert-OH is 1. The van der Waals surface area contributed by atoms with Crippen molar-refractivity contribution >= 4 is 11.8 Å². The fourth-order valence-corrected chi connectivity index (χ4v) is 3.19. The van der Waals surface area contributed by atoms with Gasteiger partial charge in [-0.1, -0.05) is 26.8 Å². The van der Waals surface area contributed by atoms with E-state index in [1.807, 2.05) is 13.8 Å². The molecule has 0 aromatic heterocycles. The van der Waals surface area contributed by atoms with Crippen LogP contribution in [-0.2, 0) is 9.59 Å². The Balaban J connectivity index is 2.14. The molecule has 23 heavy (non-hydrogen) atoms. The maximum absolute atomic E-state index is 13.2. The molecule has 0 bridgehead atoms. The van der Waals surface area contributed by atoms with E-state index in [9.17, 15) is 23.5 Å². The van der Waals surface area contributed by atoms with Gasteiger partial charge in [-0.2, -0.15) is 0 Å². The summed E-state index contributed by atoms with van der Waals surface area (Å²) < 4.78 is 26.2. The first-order chi connectivity index (χ1) is 10.6. The van der Waals surface area contributed by atoms with E-state index in [2.05, 4.69) is 0 Å². The molecule has 0 aliphatic carbocycles. The second kappa shape index (κ2) is 6.35. The van der Waals surface area contributed by atoms with Gasteiger partial charge < -0.3 is 5.11 Å². The average molecular weight is 325 g/mol. The van der Waals surface area contributed by atoms with Crippen LogP contribution in [0.1, 0.15) is 45.3 Å². The van der Waals surface area contributed by atoms with Crippen LogP contribution in [0.15, 0.2) is 18.2 Å². The molecule has 0 radical (unpaired) electrons. The lowest BCUT2D eigenvalue weighted by Gasteiger charge is -2.25. The lowest BCUT2D eigenvalue weighted by molar-refractivity contribution is -0.143. The van der Waals surface area contributed by atoms with E-state index in [-0.39, 0.29) is 36.3 Å². The van der Waals surface area contributed by atoms with E-state index < -0.39 is 23.2 Å². The predicted molar refractivity (Wildman–Crippen MR) is 80.2 cm³/mol. The molecule has 2 atom stereocenters. The third-order valence-electron chi connectivity index (χ3n) is 4.15. The predicted octanol–water partition coefficient (Wildman–Crippen LogP) is 2.81. The van der Waals surface area contributed by atoms with E-state index in [0.717, 1.165) is 17.0 Å². The third-order valence-corrected chi connectivity index (χ3v) is 4.15. The second-order valence-electron chi connectivity index (χ2n) is 6.83. The zero-order valence-corrected chi connectivity index (χ0v) is 13.5. The van der Waals surface area contributed by atoms with Gasteiger partial charge in [0.2, 0.25) is 11.8 Å². The molecule has 1 saturated heterocycles. The average Bonchev–Trinajstić information content (AvgIpc) is 2.64. The number of rotatable bonds is 5. The van der Waals surface area contributed by atoms with Gasteiger partial charge in [0, 0.05) is 6.42 Å². The lowest BCUT2D eigenvalue weighted by atomic mass is 9.80. The molecule has 1 fully saturated rings. The highest BCUT2D eigenvalue weighted by Crippen LogP contribution is 2.38. The Kier molecular flexibility index (Phi) is 4.84. The largest absolute Gasteiger partial charge is 0.387 e. The molecule has 4 nitrogen and oxygen atoms in total. The first kappa shape index (κ1) is 17.5. The summed E-state index contributed by atoms with van der Waals surface area (Å²) in [5.41, 5.74) is -0.638. The number of β-amino-alcohol motifs (C(OH)–C–C–N with tert-alkyl or cyclic N) is 1. The molecule has 2 amide bonds. The Morgan fingerprint density at radius 1 is 1.26 bits per heavy atom. The normalized spacial score (nSPS) is 23.0. The maximum atomic E-state index is 13.2. The van der Waals surface area contributed by atoms with Gasteiger partial charge in [0.05, 0.1) is 18.1 Å². The number of halogens is 2. The quantitative estimate of drug-likeness (QED) is 0.847.